The molecule has 4 rings (SSSR count). The number of sulfonamides is 1. The van der Waals surface area contributed by atoms with Gasteiger partial charge in [0.2, 0.25) is 15.9 Å². The smallest absolute Gasteiger partial charge is 0.255 e. The van der Waals surface area contributed by atoms with Crippen molar-refractivity contribution in [3.8, 4) is 0 Å². The number of anilines is 2. The molecule has 9 nitrogen and oxygen atoms in total. The fourth-order valence-corrected chi connectivity index (χ4v) is 5.46. The second kappa shape index (κ2) is 9.64. The molecule has 0 aromatic heterocycles. The summed E-state index contributed by atoms with van der Waals surface area (Å²) in [5, 5.41) is 5.73. The van der Waals surface area contributed by atoms with E-state index in [1.54, 1.807) is 12.1 Å². The van der Waals surface area contributed by atoms with E-state index in [-0.39, 0.29) is 44.3 Å². The predicted molar refractivity (Wildman–Crippen MR) is 121 cm³/mol. The van der Waals surface area contributed by atoms with Gasteiger partial charge in [0, 0.05) is 37.4 Å². The summed E-state index contributed by atoms with van der Waals surface area (Å²) < 4.78 is 46.4. The third-order valence-electron chi connectivity index (χ3n) is 5.37. The van der Waals surface area contributed by atoms with Crippen molar-refractivity contribution in [2.75, 3.05) is 56.2 Å². The number of nitrogens with zero attached hydrogens (tertiary/aromatic N) is 2. The van der Waals surface area contributed by atoms with Gasteiger partial charge in [-0.3, -0.25) is 9.59 Å². The summed E-state index contributed by atoms with van der Waals surface area (Å²) in [6.45, 7) is 1.96. The van der Waals surface area contributed by atoms with Crippen LogP contribution in [-0.2, 0) is 19.6 Å². The summed E-state index contributed by atoms with van der Waals surface area (Å²) in [7, 11) is -4.11. The maximum atomic E-state index is 14.4. The summed E-state index contributed by atoms with van der Waals surface area (Å²) in [6, 6.07) is 8.05. The van der Waals surface area contributed by atoms with Crippen molar-refractivity contribution in [3.63, 3.8) is 0 Å². The van der Waals surface area contributed by atoms with E-state index in [2.05, 4.69) is 10.6 Å². The van der Waals surface area contributed by atoms with E-state index in [4.69, 9.17) is 16.3 Å². The molecule has 0 saturated carbocycles. The molecule has 0 spiro atoms. The van der Waals surface area contributed by atoms with Gasteiger partial charge >= 0.3 is 0 Å². The minimum absolute atomic E-state index is 0.0175. The molecule has 2 amide bonds. The monoisotopic (exact) mass is 496 g/mol. The Morgan fingerprint density at radius 1 is 1.12 bits per heavy atom. The topological polar surface area (TPSA) is 108 Å². The lowest BCUT2D eigenvalue weighted by Gasteiger charge is -2.29. The van der Waals surface area contributed by atoms with Crippen molar-refractivity contribution in [1.82, 2.24) is 9.62 Å². The Kier molecular flexibility index (Phi) is 6.84. The molecule has 2 aliphatic heterocycles. The summed E-state index contributed by atoms with van der Waals surface area (Å²) in [5.74, 6) is -1.65. The Hall–Kier alpha value is -2.73. The van der Waals surface area contributed by atoms with Crippen LogP contribution in [0.15, 0.2) is 41.3 Å². The highest BCUT2D eigenvalue weighted by Crippen LogP contribution is 2.30. The molecule has 2 N–H and O–H groups in total. The number of halogens is 2. The van der Waals surface area contributed by atoms with Gasteiger partial charge in [0.25, 0.3) is 5.91 Å². The van der Waals surface area contributed by atoms with Gasteiger partial charge < -0.3 is 20.3 Å². The summed E-state index contributed by atoms with van der Waals surface area (Å²) >= 11 is 6.36. The summed E-state index contributed by atoms with van der Waals surface area (Å²) in [6.07, 6.45) is 0. The van der Waals surface area contributed by atoms with Gasteiger partial charge in [0.15, 0.2) is 0 Å². The number of morpholine rings is 1. The number of amides is 2. The fraction of sp³-hybridized carbons (Fsp3) is 0.333. The number of carbonyl (C=O) groups is 2. The Balaban J connectivity index is 1.52. The van der Waals surface area contributed by atoms with Crippen LogP contribution in [0.1, 0.15) is 10.4 Å². The number of nitrogens with one attached hydrogen (secondary N) is 2. The highest BCUT2D eigenvalue weighted by molar-refractivity contribution is 7.89. The SMILES string of the molecule is O=C1CN(c2ccc(NC(=O)c3ccc(F)c(S(=O)(=O)N4CCOCC4)c3)cc2Cl)CCN1. The minimum Gasteiger partial charge on any atom is -0.379 e. The molecule has 0 radical (unpaired) electrons. The average molecular weight is 497 g/mol. The maximum absolute atomic E-state index is 14.4. The molecular formula is C21H22ClFN4O5S. The normalized spacial score (nSPS) is 17.5. The standard InChI is InChI=1S/C21H22ClFN4O5S/c22-16-12-15(2-4-18(16)26-6-5-24-20(28)13-26)25-21(29)14-1-3-17(23)19(11-14)33(30,31)27-7-9-32-10-8-27/h1-4,11-12H,5-10,13H2,(H,24,28)(H,25,29). The van der Waals surface area contributed by atoms with Crippen LogP contribution in [0.3, 0.4) is 0 Å². The first kappa shape index (κ1) is 23.4. The Labute approximate surface area is 195 Å². The van der Waals surface area contributed by atoms with E-state index >= 15 is 0 Å². The molecule has 2 aromatic carbocycles. The molecule has 33 heavy (non-hydrogen) atoms. The van der Waals surface area contributed by atoms with Crippen molar-refractivity contribution in [3.05, 3.63) is 52.8 Å². The minimum atomic E-state index is -4.11. The summed E-state index contributed by atoms with van der Waals surface area (Å²) in [5.41, 5.74) is 1.01. The van der Waals surface area contributed by atoms with Crippen LogP contribution >= 0.6 is 11.6 Å². The van der Waals surface area contributed by atoms with Gasteiger partial charge in [-0.05, 0) is 36.4 Å². The molecule has 0 unspecified atom stereocenters. The first-order valence-electron chi connectivity index (χ1n) is 10.3. The van der Waals surface area contributed by atoms with Crippen LogP contribution in [0.2, 0.25) is 5.02 Å². The molecule has 0 atom stereocenters. The average Bonchev–Trinajstić information content (AvgIpc) is 2.80. The molecular weight excluding hydrogens is 475 g/mol. The first-order valence-corrected chi connectivity index (χ1v) is 12.1. The van der Waals surface area contributed by atoms with Crippen LogP contribution in [0.4, 0.5) is 15.8 Å². The van der Waals surface area contributed by atoms with Gasteiger partial charge in [-0.25, -0.2) is 12.8 Å². The second-order valence-corrected chi connectivity index (χ2v) is 9.87. The second-order valence-electron chi connectivity index (χ2n) is 7.55. The third-order valence-corrected chi connectivity index (χ3v) is 7.58. The van der Waals surface area contributed by atoms with Crippen LogP contribution in [-0.4, -0.2) is 70.5 Å². The zero-order chi connectivity index (χ0) is 23.6. The lowest BCUT2D eigenvalue weighted by Crippen LogP contribution is -2.47. The van der Waals surface area contributed by atoms with Gasteiger partial charge in [0.05, 0.1) is 30.5 Å². The Morgan fingerprint density at radius 2 is 1.88 bits per heavy atom. The zero-order valence-electron chi connectivity index (χ0n) is 17.5. The molecule has 12 heteroatoms. The predicted octanol–water partition coefficient (Wildman–Crippen LogP) is 1.69. The molecule has 0 aliphatic carbocycles. The number of hydrogen-bond donors (Lipinski definition) is 2. The van der Waals surface area contributed by atoms with Crippen LogP contribution in [0.25, 0.3) is 0 Å². The van der Waals surface area contributed by atoms with Crippen molar-refractivity contribution >= 4 is 44.8 Å². The van der Waals surface area contributed by atoms with Gasteiger partial charge in [0.1, 0.15) is 10.7 Å². The number of rotatable bonds is 5. The fourth-order valence-electron chi connectivity index (χ4n) is 3.66. The van der Waals surface area contributed by atoms with E-state index in [1.807, 2.05) is 4.90 Å². The van der Waals surface area contributed by atoms with E-state index in [0.29, 0.717) is 29.5 Å². The largest absolute Gasteiger partial charge is 0.379 e. The molecule has 2 fully saturated rings. The van der Waals surface area contributed by atoms with E-state index in [1.165, 1.54) is 12.1 Å². The molecule has 2 saturated heterocycles. The number of hydrogen-bond acceptors (Lipinski definition) is 6. The van der Waals surface area contributed by atoms with Crippen molar-refractivity contribution in [2.24, 2.45) is 0 Å². The lowest BCUT2D eigenvalue weighted by atomic mass is 10.2. The van der Waals surface area contributed by atoms with Crippen LogP contribution in [0.5, 0.6) is 0 Å². The number of piperazine rings is 1. The van der Waals surface area contributed by atoms with Crippen LogP contribution in [0, 0.1) is 5.82 Å². The molecule has 0 bridgehead atoms. The number of carbonyl (C=O) groups excluding carboxylic acids is 2. The first-order chi connectivity index (χ1) is 15.8. The third kappa shape index (κ3) is 5.11. The molecule has 176 valence electrons. The maximum Gasteiger partial charge on any atom is 0.255 e. The Morgan fingerprint density at radius 3 is 2.58 bits per heavy atom. The van der Waals surface area contributed by atoms with Crippen molar-refractivity contribution in [1.29, 1.82) is 0 Å². The quantitative estimate of drug-likeness (QED) is 0.652. The highest BCUT2D eigenvalue weighted by Gasteiger charge is 2.30. The number of ether oxygens (including phenoxy) is 1. The molecule has 2 aliphatic rings. The van der Waals surface area contributed by atoms with Gasteiger partial charge in [-0.2, -0.15) is 4.31 Å². The van der Waals surface area contributed by atoms with E-state index in [0.717, 1.165) is 16.4 Å². The zero-order valence-corrected chi connectivity index (χ0v) is 19.1. The van der Waals surface area contributed by atoms with E-state index in [9.17, 15) is 22.4 Å². The van der Waals surface area contributed by atoms with Gasteiger partial charge in [-0.1, -0.05) is 11.6 Å². The van der Waals surface area contributed by atoms with E-state index < -0.39 is 26.6 Å². The van der Waals surface area contributed by atoms with Crippen molar-refractivity contribution in [2.45, 2.75) is 4.90 Å². The number of benzene rings is 2. The Bertz CT molecular complexity index is 1190. The lowest BCUT2D eigenvalue weighted by molar-refractivity contribution is -0.120. The molecule has 2 aromatic rings. The highest BCUT2D eigenvalue weighted by atomic mass is 35.5. The summed E-state index contributed by atoms with van der Waals surface area (Å²) in [4.78, 5) is 25.6. The van der Waals surface area contributed by atoms with Gasteiger partial charge in [-0.15, -0.1) is 0 Å². The van der Waals surface area contributed by atoms with Crippen molar-refractivity contribution < 1.29 is 27.1 Å². The van der Waals surface area contributed by atoms with Crippen LogP contribution < -0.4 is 15.5 Å². The molecule has 2 heterocycles.